The second-order valence-corrected chi connectivity index (χ2v) is 7.22. The standard InChI is InChI=1S/C13H18N2O5S/c1-20-6-5-15(11-4-7-21(18,19)9-11)13(17)10-2-3-12(16)14-8-10/h2-3,8,11H,4-7,9H2,1H3,(H,14,16). The molecule has 2 heterocycles. The number of hydrogen-bond acceptors (Lipinski definition) is 5. The highest BCUT2D eigenvalue weighted by atomic mass is 32.2. The van der Waals surface area contributed by atoms with Gasteiger partial charge in [0.15, 0.2) is 9.84 Å². The summed E-state index contributed by atoms with van der Waals surface area (Å²) in [5.74, 6) is -0.225. The highest BCUT2D eigenvalue weighted by molar-refractivity contribution is 7.91. The van der Waals surface area contributed by atoms with Crippen LogP contribution in [0.2, 0.25) is 0 Å². The van der Waals surface area contributed by atoms with Crippen LogP contribution in [0.5, 0.6) is 0 Å². The lowest BCUT2D eigenvalue weighted by Gasteiger charge is -2.28. The first-order valence-corrected chi connectivity index (χ1v) is 8.44. The van der Waals surface area contributed by atoms with Gasteiger partial charge in [0.2, 0.25) is 5.56 Å². The van der Waals surface area contributed by atoms with E-state index in [2.05, 4.69) is 4.98 Å². The van der Waals surface area contributed by atoms with Gasteiger partial charge in [0.05, 0.1) is 23.7 Å². The third kappa shape index (κ3) is 3.92. The number of amides is 1. The quantitative estimate of drug-likeness (QED) is 0.801. The number of nitrogens with one attached hydrogen (secondary N) is 1. The Kier molecular flexibility index (Phi) is 4.79. The molecule has 0 aliphatic carbocycles. The van der Waals surface area contributed by atoms with Crippen LogP contribution in [0.25, 0.3) is 0 Å². The van der Waals surface area contributed by atoms with Crippen LogP contribution in [0.3, 0.4) is 0 Å². The van der Waals surface area contributed by atoms with Crippen molar-refractivity contribution < 1.29 is 17.9 Å². The van der Waals surface area contributed by atoms with Gasteiger partial charge >= 0.3 is 0 Å². The zero-order chi connectivity index (χ0) is 15.5. The molecule has 1 saturated heterocycles. The highest BCUT2D eigenvalue weighted by Gasteiger charge is 2.34. The number of H-pyrrole nitrogens is 1. The molecule has 1 aromatic rings. The van der Waals surface area contributed by atoms with Crippen molar-refractivity contribution in [3.63, 3.8) is 0 Å². The lowest BCUT2D eigenvalue weighted by molar-refractivity contribution is 0.0624. The molecule has 2 rings (SSSR count). The van der Waals surface area contributed by atoms with Crippen molar-refractivity contribution >= 4 is 15.7 Å². The minimum atomic E-state index is -3.08. The van der Waals surface area contributed by atoms with Crippen LogP contribution in [-0.4, -0.2) is 62.0 Å². The normalized spacial score (nSPS) is 20.3. The van der Waals surface area contributed by atoms with Gasteiger partial charge in [0.25, 0.3) is 5.91 Å². The van der Waals surface area contributed by atoms with Gasteiger partial charge in [0.1, 0.15) is 0 Å². The molecule has 1 fully saturated rings. The maximum atomic E-state index is 12.5. The van der Waals surface area contributed by atoms with E-state index in [4.69, 9.17) is 4.74 Å². The van der Waals surface area contributed by atoms with Crippen LogP contribution in [-0.2, 0) is 14.6 Å². The van der Waals surface area contributed by atoms with Crippen molar-refractivity contribution in [1.29, 1.82) is 0 Å². The number of carbonyl (C=O) groups is 1. The average Bonchev–Trinajstić information content (AvgIpc) is 2.80. The number of aromatic amines is 1. The van der Waals surface area contributed by atoms with E-state index in [9.17, 15) is 18.0 Å². The van der Waals surface area contributed by atoms with Crippen LogP contribution in [0.1, 0.15) is 16.8 Å². The molecule has 1 aliphatic rings. The Bertz CT molecular complexity index is 647. The van der Waals surface area contributed by atoms with Crippen LogP contribution in [0.15, 0.2) is 23.1 Å². The van der Waals surface area contributed by atoms with Crippen LogP contribution >= 0.6 is 0 Å². The lowest BCUT2D eigenvalue weighted by atomic mass is 10.1. The molecule has 1 N–H and O–H groups in total. The van der Waals surface area contributed by atoms with Gasteiger partial charge in [0, 0.05) is 32.0 Å². The minimum Gasteiger partial charge on any atom is -0.383 e. The fraction of sp³-hybridized carbons (Fsp3) is 0.538. The van der Waals surface area contributed by atoms with Crippen molar-refractivity contribution in [2.45, 2.75) is 12.5 Å². The maximum absolute atomic E-state index is 12.5. The molecule has 1 aromatic heterocycles. The summed E-state index contributed by atoms with van der Waals surface area (Å²) >= 11 is 0. The SMILES string of the molecule is COCCN(C(=O)c1ccc(=O)[nH]c1)C1CCS(=O)(=O)C1. The lowest BCUT2D eigenvalue weighted by Crippen LogP contribution is -2.43. The summed E-state index contributed by atoms with van der Waals surface area (Å²) < 4.78 is 28.2. The van der Waals surface area contributed by atoms with E-state index in [-0.39, 0.29) is 29.0 Å². The molecular weight excluding hydrogens is 296 g/mol. The van der Waals surface area contributed by atoms with E-state index in [0.717, 1.165) is 0 Å². The van der Waals surface area contributed by atoms with E-state index in [0.29, 0.717) is 25.1 Å². The molecule has 0 radical (unpaired) electrons. The van der Waals surface area contributed by atoms with E-state index in [1.54, 1.807) is 0 Å². The Hall–Kier alpha value is -1.67. The zero-order valence-electron chi connectivity index (χ0n) is 11.7. The number of carbonyl (C=O) groups excluding carboxylic acids is 1. The maximum Gasteiger partial charge on any atom is 0.255 e. The number of pyridine rings is 1. The molecule has 0 saturated carbocycles. The Balaban J connectivity index is 2.21. The predicted molar refractivity (Wildman–Crippen MR) is 77.0 cm³/mol. The number of ether oxygens (including phenoxy) is 1. The van der Waals surface area contributed by atoms with Gasteiger partial charge in [-0.1, -0.05) is 0 Å². The van der Waals surface area contributed by atoms with E-state index in [1.165, 1.54) is 30.3 Å². The number of methoxy groups -OCH3 is 1. The third-order valence-corrected chi connectivity index (χ3v) is 5.23. The number of aromatic nitrogens is 1. The van der Waals surface area contributed by atoms with Gasteiger partial charge < -0.3 is 14.6 Å². The monoisotopic (exact) mass is 314 g/mol. The first kappa shape index (κ1) is 15.7. The summed E-state index contributed by atoms with van der Waals surface area (Å²) in [5, 5.41) is 0. The number of nitrogens with zero attached hydrogens (tertiary/aromatic N) is 1. The largest absolute Gasteiger partial charge is 0.383 e. The summed E-state index contributed by atoms with van der Waals surface area (Å²) in [6.45, 7) is 0.639. The van der Waals surface area contributed by atoms with Gasteiger partial charge in [-0.15, -0.1) is 0 Å². The zero-order valence-corrected chi connectivity index (χ0v) is 12.6. The van der Waals surface area contributed by atoms with Crippen molar-refractivity contribution in [3.05, 3.63) is 34.2 Å². The Labute approximate surface area is 122 Å². The Morgan fingerprint density at radius 3 is 2.76 bits per heavy atom. The van der Waals surface area contributed by atoms with Crippen molar-refractivity contribution in [3.8, 4) is 0 Å². The van der Waals surface area contributed by atoms with Gasteiger partial charge in [-0.05, 0) is 12.5 Å². The second-order valence-electron chi connectivity index (χ2n) is 4.99. The Morgan fingerprint density at radius 1 is 1.48 bits per heavy atom. The number of rotatable bonds is 5. The van der Waals surface area contributed by atoms with Gasteiger partial charge in [-0.25, -0.2) is 8.42 Å². The van der Waals surface area contributed by atoms with Crippen molar-refractivity contribution in [1.82, 2.24) is 9.88 Å². The summed E-state index contributed by atoms with van der Waals surface area (Å²) in [6, 6.07) is 2.36. The van der Waals surface area contributed by atoms with Gasteiger partial charge in [-0.3, -0.25) is 9.59 Å². The molecule has 0 bridgehead atoms. The van der Waals surface area contributed by atoms with E-state index < -0.39 is 9.84 Å². The topological polar surface area (TPSA) is 96.5 Å². The summed E-state index contributed by atoms with van der Waals surface area (Å²) in [4.78, 5) is 27.5. The van der Waals surface area contributed by atoms with Crippen LogP contribution in [0.4, 0.5) is 0 Å². The molecule has 21 heavy (non-hydrogen) atoms. The molecule has 1 amide bonds. The minimum absolute atomic E-state index is 0.0220. The molecular formula is C13H18N2O5S. The molecule has 0 spiro atoms. The first-order valence-electron chi connectivity index (χ1n) is 6.62. The number of sulfone groups is 1. The van der Waals surface area contributed by atoms with Crippen LogP contribution in [0, 0.1) is 0 Å². The molecule has 0 aromatic carbocycles. The second kappa shape index (κ2) is 6.40. The third-order valence-electron chi connectivity index (χ3n) is 3.48. The first-order chi connectivity index (χ1) is 9.93. The predicted octanol–water partition coefficient (Wildman–Crippen LogP) is -0.349. The van der Waals surface area contributed by atoms with E-state index in [1.807, 2.05) is 0 Å². The molecule has 8 heteroatoms. The Morgan fingerprint density at radius 2 is 2.24 bits per heavy atom. The molecule has 7 nitrogen and oxygen atoms in total. The van der Waals surface area contributed by atoms with Gasteiger partial charge in [-0.2, -0.15) is 0 Å². The number of hydrogen-bond donors (Lipinski definition) is 1. The highest BCUT2D eigenvalue weighted by Crippen LogP contribution is 2.19. The smallest absolute Gasteiger partial charge is 0.255 e. The average molecular weight is 314 g/mol. The molecule has 1 unspecified atom stereocenters. The molecule has 116 valence electrons. The summed E-state index contributed by atoms with van der Waals surface area (Å²) in [5.41, 5.74) is 0.0356. The summed E-state index contributed by atoms with van der Waals surface area (Å²) in [7, 11) is -1.56. The van der Waals surface area contributed by atoms with Crippen molar-refractivity contribution in [2.24, 2.45) is 0 Å². The molecule has 1 aliphatic heterocycles. The fourth-order valence-electron chi connectivity index (χ4n) is 2.37. The van der Waals surface area contributed by atoms with Crippen LogP contribution < -0.4 is 5.56 Å². The summed E-state index contributed by atoms with van der Waals surface area (Å²) in [6.07, 6.45) is 1.77. The molecule has 1 atom stereocenters. The fourth-order valence-corrected chi connectivity index (χ4v) is 4.10. The van der Waals surface area contributed by atoms with E-state index >= 15 is 0 Å². The van der Waals surface area contributed by atoms with Crippen molar-refractivity contribution in [2.75, 3.05) is 31.8 Å².